The number of aryl methyl sites for hydroxylation is 1. The van der Waals surface area contributed by atoms with Crippen molar-refractivity contribution in [3.63, 3.8) is 0 Å². The van der Waals surface area contributed by atoms with Gasteiger partial charge in [-0.25, -0.2) is 9.78 Å². The fraction of sp³-hybridized carbons (Fsp3) is 0.320. The van der Waals surface area contributed by atoms with E-state index in [4.69, 9.17) is 10.5 Å². The number of esters is 1. The van der Waals surface area contributed by atoms with Gasteiger partial charge in [0, 0.05) is 26.3 Å². The maximum atomic E-state index is 10.6. The molecule has 2 aromatic carbocycles. The lowest BCUT2D eigenvalue weighted by atomic mass is 10.2. The molecule has 0 aliphatic carbocycles. The number of unbranched alkanes of at least 4 members (excludes halogenated alkanes) is 1. The van der Waals surface area contributed by atoms with Crippen molar-refractivity contribution in [3.8, 4) is 5.75 Å². The van der Waals surface area contributed by atoms with Gasteiger partial charge in [-0.15, -0.1) is 0 Å². The van der Waals surface area contributed by atoms with Crippen LogP contribution in [0.5, 0.6) is 5.75 Å². The van der Waals surface area contributed by atoms with Crippen LogP contribution in [0, 0.1) is 0 Å². The number of benzene rings is 2. The summed E-state index contributed by atoms with van der Waals surface area (Å²) in [6.45, 7) is 2.52. The topological polar surface area (TPSA) is 111 Å². The molecule has 0 unspecified atom stereocenters. The first-order valence-electron chi connectivity index (χ1n) is 11.1. The smallest absolute Gasteiger partial charge is 0.356 e. The number of anilines is 1. The first-order valence-corrected chi connectivity index (χ1v) is 11.1. The molecule has 9 nitrogen and oxygen atoms in total. The molecule has 0 radical (unpaired) electrons. The van der Waals surface area contributed by atoms with Crippen LogP contribution in [0.2, 0.25) is 0 Å². The van der Waals surface area contributed by atoms with Crippen molar-refractivity contribution < 1.29 is 14.3 Å². The summed E-state index contributed by atoms with van der Waals surface area (Å²) in [6, 6.07) is 16.1. The van der Waals surface area contributed by atoms with Gasteiger partial charge >= 0.3 is 5.97 Å². The Hall–Kier alpha value is -3.85. The van der Waals surface area contributed by atoms with Crippen LogP contribution in [0.3, 0.4) is 0 Å². The number of hydrogen-bond acceptors (Lipinski definition) is 7. The minimum absolute atomic E-state index is 0.373. The molecule has 0 fully saturated rings. The average molecular weight is 465 g/mol. The van der Waals surface area contributed by atoms with Gasteiger partial charge in [0.05, 0.1) is 31.8 Å². The number of imidazole rings is 1. The molecule has 2 aromatic heterocycles. The molecule has 4 rings (SSSR count). The van der Waals surface area contributed by atoms with E-state index in [-0.39, 0.29) is 0 Å². The Bertz CT molecular complexity index is 1160. The van der Waals surface area contributed by atoms with Gasteiger partial charge < -0.3 is 24.7 Å². The average Bonchev–Trinajstić information content (AvgIpc) is 3.55. The third kappa shape index (κ3) is 6.35. The molecule has 0 bridgehead atoms. The molecule has 2 heterocycles. The fourth-order valence-corrected chi connectivity index (χ4v) is 3.56. The van der Waals surface area contributed by atoms with Gasteiger partial charge in [0.25, 0.3) is 0 Å². The second kappa shape index (κ2) is 12.4. The van der Waals surface area contributed by atoms with Crippen molar-refractivity contribution >= 4 is 22.7 Å². The van der Waals surface area contributed by atoms with Crippen LogP contribution in [0.4, 0.5) is 5.69 Å². The van der Waals surface area contributed by atoms with Crippen LogP contribution in [0.25, 0.3) is 11.0 Å². The van der Waals surface area contributed by atoms with E-state index in [1.165, 1.54) is 24.4 Å². The highest BCUT2D eigenvalue weighted by Gasteiger charge is 2.11. The Balaban J connectivity index is 0.000000302. The summed E-state index contributed by atoms with van der Waals surface area (Å²) in [6.07, 6.45) is 5.54. The highest BCUT2D eigenvalue weighted by atomic mass is 16.5. The maximum absolute atomic E-state index is 10.6. The van der Waals surface area contributed by atoms with E-state index in [9.17, 15) is 4.79 Å². The molecule has 4 aromatic rings. The third-order valence-electron chi connectivity index (χ3n) is 5.38. The summed E-state index contributed by atoms with van der Waals surface area (Å²) in [7, 11) is 5.11. The summed E-state index contributed by atoms with van der Waals surface area (Å²) in [5.41, 5.74) is 10.6. The number of carbonyl (C=O) groups is 1. The van der Waals surface area contributed by atoms with Crippen LogP contribution in [-0.2, 0) is 17.8 Å². The van der Waals surface area contributed by atoms with Gasteiger partial charge in [-0.1, -0.05) is 18.2 Å². The molecule has 0 aliphatic rings. The molecule has 9 heteroatoms. The van der Waals surface area contributed by atoms with E-state index in [0.717, 1.165) is 49.4 Å². The number of nitrogens with zero attached hydrogens (tertiary/aromatic N) is 4. The van der Waals surface area contributed by atoms with Gasteiger partial charge in [0.1, 0.15) is 17.0 Å². The summed E-state index contributed by atoms with van der Waals surface area (Å²) in [5, 5.41) is 6.03. The highest BCUT2D eigenvalue weighted by Crippen LogP contribution is 2.26. The first kappa shape index (κ1) is 24.8. The minimum atomic E-state index is -0.396. The van der Waals surface area contributed by atoms with E-state index in [1.54, 1.807) is 13.2 Å². The van der Waals surface area contributed by atoms with Gasteiger partial charge in [-0.05, 0) is 55.3 Å². The lowest BCUT2D eigenvalue weighted by Gasteiger charge is -2.20. The number of fused-ring (bicyclic) bond motifs is 1. The second-order valence-electron chi connectivity index (χ2n) is 7.74. The molecule has 0 amide bonds. The Labute approximate surface area is 199 Å². The number of para-hydroxylation sites is 1. The van der Waals surface area contributed by atoms with Crippen LogP contribution >= 0.6 is 0 Å². The standard InChI is InChI=1S/C20H26N4O.C5H6N2O2/c1-23(14-16-8-10-17(25-2)11-9-16)18-6-5-7-19-20(18)22-15-24(19)13-4-3-12-21;1-9-5(8)4-2-3-6-7-4/h5-11,15H,3-4,12-14,21H2,1-2H3;2-3H,1H3,(H,6,7). The number of ether oxygens (including phenoxy) is 2. The van der Waals surface area contributed by atoms with E-state index in [1.807, 2.05) is 18.5 Å². The minimum Gasteiger partial charge on any atom is -0.497 e. The number of H-pyrrole nitrogens is 1. The molecule has 0 saturated carbocycles. The SMILES string of the molecule is COC(=O)c1ccn[nH]1.COc1ccc(CN(C)c2cccc3c2ncn3CCCCN)cc1. The van der Waals surface area contributed by atoms with Crippen molar-refractivity contribution in [3.05, 3.63) is 72.3 Å². The molecular weight excluding hydrogens is 432 g/mol. The molecule has 34 heavy (non-hydrogen) atoms. The quantitative estimate of drug-likeness (QED) is 0.287. The monoisotopic (exact) mass is 464 g/mol. The number of aromatic nitrogens is 4. The van der Waals surface area contributed by atoms with E-state index in [0.29, 0.717) is 5.69 Å². The summed E-state index contributed by atoms with van der Waals surface area (Å²) < 4.78 is 11.8. The van der Waals surface area contributed by atoms with Crippen LogP contribution in [-0.4, -0.2) is 53.5 Å². The zero-order valence-electron chi connectivity index (χ0n) is 19.9. The van der Waals surface area contributed by atoms with Crippen molar-refractivity contribution in [1.29, 1.82) is 0 Å². The first-order chi connectivity index (χ1) is 16.6. The van der Waals surface area contributed by atoms with Gasteiger partial charge in [0.2, 0.25) is 0 Å². The maximum Gasteiger partial charge on any atom is 0.356 e. The highest BCUT2D eigenvalue weighted by molar-refractivity contribution is 5.89. The second-order valence-corrected chi connectivity index (χ2v) is 7.74. The van der Waals surface area contributed by atoms with Crippen molar-refractivity contribution in [2.45, 2.75) is 25.9 Å². The summed E-state index contributed by atoms with van der Waals surface area (Å²) >= 11 is 0. The van der Waals surface area contributed by atoms with Gasteiger partial charge in [-0.2, -0.15) is 5.10 Å². The zero-order valence-corrected chi connectivity index (χ0v) is 19.9. The molecule has 180 valence electrons. The molecular formula is C25H32N6O3. The summed E-state index contributed by atoms with van der Waals surface area (Å²) in [5.74, 6) is 0.484. The number of nitrogens with two attached hydrogens (primary N) is 1. The van der Waals surface area contributed by atoms with Crippen LogP contribution in [0.15, 0.2) is 61.1 Å². The zero-order chi connectivity index (χ0) is 24.3. The molecule has 0 aliphatic heterocycles. The number of carbonyl (C=O) groups excluding carboxylic acids is 1. The number of rotatable bonds is 9. The van der Waals surface area contributed by atoms with Crippen molar-refractivity contribution in [2.75, 3.05) is 32.7 Å². The Morgan fingerprint density at radius 1 is 1.12 bits per heavy atom. The van der Waals surface area contributed by atoms with Crippen LogP contribution in [0.1, 0.15) is 28.9 Å². The number of hydrogen-bond donors (Lipinski definition) is 2. The molecule has 3 N–H and O–H groups in total. The van der Waals surface area contributed by atoms with E-state index >= 15 is 0 Å². The molecule has 0 spiro atoms. The van der Waals surface area contributed by atoms with Gasteiger partial charge in [-0.3, -0.25) is 5.10 Å². The number of aromatic amines is 1. The van der Waals surface area contributed by atoms with Crippen molar-refractivity contribution in [2.24, 2.45) is 5.73 Å². The largest absolute Gasteiger partial charge is 0.497 e. The Kier molecular flexibility index (Phi) is 9.04. The fourth-order valence-electron chi connectivity index (χ4n) is 3.56. The van der Waals surface area contributed by atoms with Gasteiger partial charge in [0.15, 0.2) is 0 Å². The van der Waals surface area contributed by atoms with E-state index in [2.05, 4.69) is 66.8 Å². The number of nitrogens with one attached hydrogen (secondary N) is 1. The Morgan fingerprint density at radius 3 is 2.56 bits per heavy atom. The predicted molar refractivity (Wildman–Crippen MR) is 133 cm³/mol. The van der Waals surface area contributed by atoms with Crippen LogP contribution < -0.4 is 15.4 Å². The lowest BCUT2D eigenvalue weighted by Crippen LogP contribution is -2.16. The molecule has 0 atom stereocenters. The third-order valence-corrected chi connectivity index (χ3v) is 5.38. The Morgan fingerprint density at radius 2 is 1.91 bits per heavy atom. The van der Waals surface area contributed by atoms with Crippen molar-refractivity contribution in [1.82, 2.24) is 19.7 Å². The summed E-state index contributed by atoms with van der Waals surface area (Å²) in [4.78, 5) is 17.5. The molecule has 0 saturated heterocycles. The lowest BCUT2D eigenvalue weighted by molar-refractivity contribution is 0.0594. The normalized spacial score (nSPS) is 10.5. The predicted octanol–water partition coefficient (Wildman–Crippen LogP) is 3.62. The van der Waals surface area contributed by atoms with E-state index < -0.39 is 5.97 Å². The number of methoxy groups -OCH3 is 2.